The number of hydrogen-bond donors (Lipinski definition) is 2. The first kappa shape index (κ1) is 20.6. The monoisotopic (exact) mass is 432 g/mol. The molecule has 1 aromatic heterocycles. The van der Waals surface area contributed by atoms with Crippen molar-refractivity contribution < 1.29 is 23.8 Å². The second-order valence-corrected chi connectivity index (χ2v) is 7.95. The number of nitrogens with one attached hydrogen (secondary N) is 2. The van der Waals surface area contributed by atoms with E-state index in [-0.39, 0.29) is 12.3 Å². The molecule has 10 heteroatoms. The quantitative estimate of drug-likeness (QED) is 0.753. The highest BCUT2D eigenvalue weighted by Gasteiger charge is 2.40. The lowest BCUT2D eigenvalue weighted by Crippen LogP contribution is -2.47. The standard InChI is InChI=1S/C20H24N4O5S/c1-27-16-5-3-2-4-15(16)22-18(26)23-19-21-14(13-30-19)12-17(25)24-8-6-20(7-9-24)28-10-11-29-20/h2-5,13H,6-12H2,1H3,(H2,21,22,23,26). The molecule has 3 heterocycles. The maximum Gasteiger partial charge on any atom is 0.325 e. The molecule has 2 saturated heterocycles. The Morgan fingerprint density at radius 3 is 2.67 bits per heavy atom. The molecule has 0 saturated carbocycles. The van der Waals surface area contributed by atoms with E-state index in [0.717, 1.165) is 0 Å². The molecule has 0 atom stereocenters. The molecule has 0 bridgehead atoms. The molecule has 2 fully saturated rings. The summed E-state index contributed by atoms with van der Waals surface area (Å²) in [5.41, 5.74) is 1.19. The third-order valence-electron chi connectivity index (χ3n) is 5.15. The van der Waals surface area contributed by atoms with Gasteiger partial charge in [0.15, 0.2) is 10.9 Å². The van der Waals surface area contributed by atoms with E-state index < -0.39 is 11.8 Å². The maximum absolute atomic E-state index is 12.6. The van der Waals surface area contributed by atoms with Gasteiger partial charge >= 0.3 is 6.03 Å². The number of thiazole rings is 1. The number of anilines is 2. The van der Waals surface area contributed by atoms with E-state index in [2.05, 4.69) is 15.6 Å². The van der Waals surface area contributed by atoms with Crippen molar-refractivity contribution in [2.75, 3.05) is 44.0 Å². The average Bonchev–Trinajstić information content (AvgIpc) is 3.38. The van der Waals surface area contributed by atoms with Gasteiger partial charge in [-0.25, -0.2) is 9.78 Å². The molecule has 160 valence electrons. The van der Waals surface area contributed by atoms with Crippen LogP contribution in [0.4, 0.5) is 15.6 Å². The highest BCUT2D eigenvalue weighted by molar-refractivity contribution is 7.14. The normalized spacial score (nSPS) is 17.7. The summed E-state index contributed by atoms with van der Waals surface area (Å²) in [7, 11) is 1.54. The second-order valence-electron chi connectivity index (χ2n) is 7.09. The molecule has 0 unspecified atom stereocenters. The summed E-state index contributed by atoms with van der Waals surface area (Å²) in [4.78, 5) is 31.0. The molecular weight excluding hydrogens is 408 g/mol. The Kier molecular flexibility index (Phi) is 6.16. The molecule has 4 rings (SSSR count). The number of carbonyl (C=O) groups is 2. The van der Waals surface area contributed by atoms with Crippen LogP contribution in [-0.2, 0) is 20.7 Å². The van der Waals surface area contributed by atoms with Crippen molar-refractivity contribution in [3.8, 4) is 5.75 Å². The Hall–Kier alpha value is -2.69. The molecule has 2 aliphatic heterocycles. The minimum Gasteiger partial charge on any atom is -0.495 e. The molecule has 9 nitrogen and oxygen atoms in total. The zero-order valence-corrected chi connectivity index (χ0v) is 17.5. The molecule has 2 aliphatic rings. The van der Waals surface area contributed by atoms with Crippen LogP contribution in [-0.4, -0.2) is 61.0 Å². The minimum atomic E-state index is -0.497. The minimum absolute atomic E-state index is 0.0122. The summed E-state index contributed by atoms with van der Waals surface area (Å²) >= 11 is 1.28. The van der Waals surface area contributed by atoms with Crippen LogP contribution in [0.15, 0.2) is 29.6 Å². The lowest BCUT2D eigenvalue weighted by atomic mass is 10.0. The van der Waals surface area contributed by atoms with Crippen molar-refractivity contribution >= 4 is 34.1 Å². The van der Waals surface area contributed by atoms with Crippen LogP contribution in [0.25, 0.3) is 0 Å². The number of nitrogens with zero attached hydrogens (tertiary/aromatic N) is 2. The Morgan fingerprint density at radius 2 is 1.93 bits per heavy atom. The molecule has 2 aromatic rings. The van der Waals surface area contributed by atoms with Gasteiger partial charge in [-0.1, -0.05) is 12.1 Å². The van der Waals surface area contributed by atoms with Crippen LogP contribution in [0.1, 0.15) is 18.5 Å². The van der Waals surface area contributed by atoms with Crippen LogP contribution >= 0.6 is 11.3 Å². The number of aromatic nitrogens is 1. The molecular formula is C20H24N4O5S. The first-order chi connectivity index (χ1) is 14.6. The Labute approximate surface area is 178 Å². The van der Waals surface area contributed by atoms with Crippen molar-refractivity contribution in [3.05, 3.63) is 35.3 Å². The van der Waals surface area contributed by atoms with Crippen LogP contribution in [0.2, 0.25) is 0 Å². The van der Waals surface area contributed by atoms with E-state index in [1.165, 1.54) is 11.3 Å². The summed E-state index contributed by atoms with van der Waals surface area (Å²) < 4.78 is 16.6. The number of hydrogen-bond acceptors (Lipinski definition) is 7. The number of para-hydroxylation sites is 2. The number of ether oxygens (including phenoxy) is 3. The molecule has 1 spiro atoms. The van der Waals surface area contributed by atoms with E-state index in [0.29, 0.717) is 61.4 Å². The van der Waals surface area contributed by atoms with Crippen molar-refractivity contribution in [2.45, 2.75) is 25.0 Å². The first-order valence-electron chi connectivity index (χ1n) is 9.78. The number of urea groups is 1. The predicted octanol–water partition coefficient (Wildman–Crippen LogP) is 2.70. The van der Waals surface area contributed by atoms with Gasteiger partial charge in [0.1, 0.15) is 5.75 Å². The zero-order chi connectivity index (χ0) is 21.0. The third-order valence-corrected chi connectivity index (χ3v) is 5.96. The number of carbonyl (C=O) groups excluding carboxylic acids is 2. The van der Waals surface area contributed by atoms with Crippen LogP contribution < -0.4 is 15.4 Å². The fraction of sp³-hybridized carbons (Fsp3) is 0.450. The van der Waals surface area contributed by atoms with Gasteiger partial charge in [-0.15, -0.1) is 11.3 Å². The van der Waals surface area contributed by atoms with E-state index >= 15 is 0 Å². The van der Waals surface area contributed by atoms with E-state index in [9.17, 15) is 9.59 Å². The smallest absolute Gasteiger partial charge is 0.325 e. The predicted molar refractivity (Wildman–Crippen MR) is 112 cm³/mol. The van der Waals surface area contributed by atoms with Crippen LogP contribution in [0.3, 0.4) is 0 Å². The number of likely N-dealkylation sites (tertiary alicyclic amines) is 1. The number of benzene rings is 1. The fourth-order valence-electron chi connectivity index (χ4n) is 3.59. The molecule has 30 heavy (non-hydrogen) atoms. The van der Waals surface area contributed by atoms with E-state index in [1.807, 2.05) is 11.0 Å². The average molecular weight is 433 g/mol. The molecule has 2 N–H and O–H groups in total. The van der Waals surface area contributed by atoms with Crippen molar-refractivity contribution in [3.63, 3.8) is 0 Å². The van der Waals surface area contributed by atoms with Gasteiger partial charge in [-0.05, 0) is 12.1 Å². The Bertz CT molecular complexity index is 902. The highest BCUT2D eigenvalue weighted by atomic mass is 32.1. The van der Waals surface area contributed by atoms with Crippen LogP contribution in [0.5, 0.6) is 5.75 Å². The van der Waals surface area contributed by atoms with Gasteiger partial charge in [0, 0.05) is 31.3 Å². The van der Waals surface area contributed by atoms with Crippen molar-refractivity contribution in [1.82, 2.24) is 9.88 Å². The fourth-order valence-corrected chi connectivity index (χ4v) is 4.30. The number of methoxy groups -OCH3 is 1. The van der Waals surface area contributed by atoms with E-state index in [1.54, 1.807) is 30.7 Å². The number of piperidine rings is 1. The highest BCUT2D eigenvalue weighted by Crippen LogP contribution is 2.31. The van der Waals surface area contributed by atoms with Gasteiger partial charge in [0.2, 0.25) is 5.91 Å². The van der Waals surface area contributed by atoms with Crippen molar-refractivity contribution in [1.29, 1.82) is 0 Å². The Morgan fingerprint density at radius 1 is 1.20 bits per heavy atom. The Balaban J connectivity index is 1.27. The largest absolute Gasteiger partial charge is 0.495 e. The molecule has 1 aromatic carbocycles. The lowest BCUT2D eigenvalue weighted by molar-refractivity contribution is -0.187. The topological polar surface area (TPSA) is 102 Å². The summed E-state index contributed by atoms with van der Waals surface area (Å²) in [5.74, 6) is 0.0801. The summed E-state index contributed by atoms with van der Waals surface area (Å²) in [5, 5.41) is 7.63. The lowest BCUT2D eigenvalue weighted by Gasteiger charge is -2.37. The van der Waals surface area contributed by atoms with Gasteiger partial charge < -0.3 is 24.4 Å². The van der Waals surface area contributed by atoms with Gasteiger partial charge in [-0.2, -0.15) is 0 Å². The van der Waals surface area contributed by atoms with Crippen LogP contribution in [0, 0.1) is 0 Å². The third kappa shape index (κ3) is 4.72. The van der Waals surface area contributed by atoms with Crippen molar-refractivity contribution in [2.24, 2.45) is 0 Å². The summed E-state index contributed by atoms with van der Waals surface area (Å²) in [6, 6.07) is 6.70. The maximum atomic E-state index is 12.6. The first-order valence-corrected chi connectivity index (χ1v) is 10.7. The number of rotatable bonds is 5. The van der Waals surface area contributed by atoms with Gasteiger partial charge in [0.05, 0.1) is 38.1 Å². The van der Waals surface area contributed by atoms with Gasteiger partial charge in [0.25, 0.3) is 0 Å². The molecule has 3 amide bonds. The van der Waals surface area contributed by atoms with E-state index in [4.69, 9.17) is 14.2 Å². The zero-order valence-electron chi connectivity index (χ0n) is 16.7. The SMILES string of the molecule is COc1ccccc1NC(=O)Nc1nc(CC(=O)N2CCC3(CC2)OCCO3)cs1. The molecule has 0 radical (unpaired) electrons. The summed E-state index contributed by atoms with van der Waals surface area (Å²) in [6.45, 7) is 2.45. The van der Waals surface area contributed by atoms with Gasteiger partial charge in [-0.3, -0.25) is 10.1 Å². The molecule has 0 aliphatic carbocycles. The second kappa shape index (κ2) is 8.99. The summed E-state index contributed by atoms with van der Waals surface area (Å²) in [6.07, 6.45) is 1.57. The number of amides is 3.